The van der Waals surface area contributed by atoms with Crippen molar-refractivity contribution in [3.05, 3.63) is 0 Å². The molecule has 0 rings (SSSR count). The summed E-state index contributed by atoms with van der Waals surface area (Å²) in [6.45, 7) is 3.81. The van der Waals surface area contributed by atoms with Crippen LogP contribution in [0.3, 0.4) is 0 Å². The molecule has 156 valence electrons. The summed E-state index contributed by atoms with van der Waals surface area (Å²) >= 11 is 3.04. The van der Waals surface area contributed by atoms with Crippen LogP contribution in [0.5, 0.6) is 0 Å². The molecule has 3 unspecified atom stereocenters. The minimum atomic E-state index is -1.10. The van der Waals surface area contributed by atoms with Crippen molar-refractivity contribution >= 4 is 47.7 Å². The monoisotopic (exact) mass is 421 g/mol. The Morgan fingerprint density at radius 3 is 1.85 bits per heavy atom. The van der Waals surface area contributed by atoms with Crippen LogP contribution in [0.4, 0.5) is 0 Å². The number of aliphatic carboxylic acids is 1. The van der Waals surface area contributed by atoms with E-state index in [0.717, 1.165) is 0 Å². The van der Waals surface area contributed by atoms with E-state index in [-0.39, 0.29) is 5.92 Å². The molecule has 3 amide bonds. The first kappa shape index (κ1) is 25.6. The Hall–Kier alpha value is -1.42. The topological polar surface area (TPSA) is 125 Å². The molecule has 3 atom stereocenters. The summed E-state index contributed by atoms with van der Waals surface area (Å²) in [5.74, 6) is -0.700. The Kier molecular flexibility index (Phi) is 13.8. The van der Waals surface area contributed by atoms with Crippen molar-refractivity contribution < 1.29 is 24.3 Å². The number of thioether (sulfide) groups is 2. The maximum absolute atomic E-state index is 12.6. The van der Waals surface area contributed by atoms with Crippen LogP contribution in [0.2, 0.25) is 0 Å². The third-order valence-electron chi connectivity index (χ3n) is 3.76. The van der Waals surface area contributed by atoms with E-state index >= 15 is 0 Å². The second kappa shape index (κ2) is 14.6. The molecule has 0 radical (unpaired) electrons. The molecule has 0 bridgehead atoms. The quantitative estimate of drug-likeness (QED) is 0.287. The third-order valence-corrected chi connectivity index (χ3v) is 5.05. The van der Waals surface area contributed by atoms with E-state index in [2.05, 4.69) is 16.0 Å². The highest BCUT2D eigenvalue weighted by Crippen LogP contribution is 2.09. The molecule has 27 heavy (non-hydrogen) atoms. The number of amides is 3. The van der Waals surface area contributed by atoms with Crippen LogP contribution in [0.1, 0.15) is 33.1 Å². The van der Waals surface area contributed by atoms with Gasteiger partial charge in [0.1, 0.15) is 18.1 Å². The van der Waals surface area contributed by atoms with Gasteiger partial charge in [-0.1, -0.05) is 13.8 Å². The predicted molar refractivity (Wildman–Crippen MR) is 110 cm³/mol. The first-order valence-corrected chi connectivity index (χ1v) is 11.6. The molecule has 0 fully saturated rings. The first-order chi connectivity index (χ1) is 12.8. The van der Waals surface area contributed by atoms with Crippen LogP contribution >= 0.6 is 23.5 Å². The summed E-state index contributed by atoms with van der Waals surface area (Å²) in [5.41, 5.74) is 0. The molecule has 4 N–H and O–H groups in total. The molecule has 8 nitrogen and oxygen atoms in total. The first-order valence-electron chi connectivity index (χ1n) is 8.77. The van der Waals surface area contributed by atoms with E-state index in [9.17, 15) is 24.3 Å². The van der Waals surface area contributed by atoms with Gasteiger partial charge in [-0.15, -0.1) is 0 Å². The van der Waals surface area contributed by atoms with E-state index in [0.29, 0.717) is 37.2 Å². The number of carbonyl (C=O) groups excluding carboxylic acids is 3. The summed E-state index contributed by atoms with van der Waals surface area (Å²) < 4.78 is 0. The fraction of sp³-hybridized carbons (Fsp3) is 0.765. The third kappa shape index (κ3) is 11.1. The van der Waals surface area contributed by atoms with E-state index in [1.807, 2.05) is 26.4 Å². The van der Waals surface area contributed by atoms with Crippen LogP contribution < -0.4 is 16.0 Å². The van der Waals surface area contributed by atoms with Gasteiger partial charge < -0.3 is 21.1 Å². The van der Waals surface area contributed by atoms with Crippen molar-refractivity contribution in [2.45, 2.75) is 51.2 Å². The Bertz CT molecular complexity index is 491. The van der Waals surface area contributed by atoms with Crippen molar-refractivity contribution in [3.63, 3.8) is 0 Å². The summed E-state index contributed by atoms with van der Waals surface area (Å²) in [7, 11) is 0. The lowest BCUT2D eigenvalue weighted by molar-refractivity contribution is -0.142. The summed E-state index contributed by atoms with van der Waals surface area (Å²) in [5, 5.41) is 16.9. The van der Waals surface area contributed by atoms with Crippen molar-refractivity contribution in [1.29, 1.82) is 0 Å². The van der Waals surface area contributed by atoms with Crippen molar-refractivity contribution in [2.75, 3.05) is 24.0 Å². The molecule has 10 heteroatoms. The highest BCUT2D eigenvalue weighted by Gasteiger charge is 2.29. The predicted octanol–water partition coefficient (Wildman–Crippen LogP) is 0.708. The van der Waals surface area contributed by atoms with Gasteiger partial charge in [-0.05, 0) is 49.2 Å². The molecule has 0 aromatic rings. The molecule has 0 aliphatic carbocycles. The highest BCUT2D eigenvalue weighted by molar-refractivity contribution is 7.98. The smallest absolute Gasteiger partial charge is 0.326 e. The average Bonchev–Trinajstić information content (AvgIpc) is 2.60. The fourth-order valence-electron chi connectivity index (χ4n) is 2.35. The van der Waals surface area contributed by atoms with E-state index in [1.54, 1.807) is 11.8 Å². The largest absolute Gasteiger partial charge is 0.480 e. The molecule has 0 aliphatic rings. The Morgan fingerprint density at radius 2 is 1.41 bits per heavy atom. The van der Waals surface area contributed by atoms with Gasteiger partial charge in [0.2, 0.25) is 18.2 Å². The van der Waals surface area contributed by atoms with Gasteiger partial charge in [-0.25, -0.2) is 4.79 Å². The molecule has 0 saturated heterocycles. The van der Waals surface area contributed by atoms with Crippen molar-refractivity contribution in [2.24, 2.45) is 5.92 Å². The molecular weight excluding hydrogens is 390 g/mol. The van der Waals surface area contributed by atoms with Crippen LogP contribution in [0.25, 0.3) is 0 Å². The Labute approximate surface area is 169 Å². The van der Waals surface area contributed by atoms with Gasteiger partial charge in [0, 0.05) is 0 Å². The number of carboxylic acids is 1. The second-order valence-electron chi connectivity index (χ2n) is 6.49. The lowest BCUT2D eigenvalue weighted by atomic mass is 10.0. The highest BCUT2D eigenvalue weighted by atomic mass is 32.2. The zero-order chi connectivity index (χ0) is 20.8. The second-order valence-corrected chi connectivity index (χ2v) is 8.46. The zero-order valence-electron chi connectivity index (χ0n) is 16.3. The van der Waals surface area contributed by atoms with Gasteiger partial charge in [-0.3, -0.25) is 14.4 Å². The maximum Gasteiger partial charge on any atom is 0.326 e. The molecule has 0 spiro atoms. The zero-order valence-corrected chi connectivity index (χ0v) is 18.0. The standard InChI is InChI=1S/C17H31N3O5S2/c1-11(2)9-14(16(23)19-13(17(24)25)6-8-27-4)20-15(22)12(18-10-21)5-7-26-3/h10-14H,5-9H2,1-4H3,(H,18,21)(H,19,23)(H,20,22)(H,24,25). The molecule has 0 aromatic carbocycles. The summed E-state index contributed by atoms with van der Waals surface area (Å²) in [6.07, 6.45) is 5.32. The Morgan fingerprint density at radius 1 is 0.926 bits per heavy atom. The number of rotatable bonds is 15. The van der Waals surface area contributed by atoms with E-state index in [4.69, 9.17) is 0 Å². The Balaban J connectivity index is 5.11. The minimum Gasteiger partial charge on any atom is -0.480 e. The van der Waals surface area contributed by atoms with E-state index < -0.39 is 35.9 Å². The lowest BCUT2D eigenvalue weighted by Gasteiger charge is -2.25. The van der Waals surface area contributed by atoms with Gasteiger partial charge in [-0.2, -0.15) is 23.5 Å². The summed E-state index contributed by atoms with van der Waals surface area (Å²) in [4.78, 5) is 47.2. The number of carbonyl (C=O) groups is 4. The number of nitrogens with one attached hydrogen (secondary N) is 3. The van der Waals surface area contributed by atoms with Gasteiger partial charge >= 0.3 is 5.97 Å². The summed E-state index contributed by atoms with van der Waals surface area (Å²) in [6, 6.07) is -2.60. The van der Waals surface area contributed by atoms with Crippen LogP contribution in [0, 0.1) is 5.92 Å². The van der Waals surface area contributed by atoms with Crippen molar-refractivity contribution in [3.8, 4) is 0 Å². The van der Waals surface area contributed by atoms with E-state index in [1.165, 1.54) is 11.8 Å². The molecule has 0 heterocycles. The fourth-order valence-corrected chi connectivity index (χ4v) is 3.29. The minimum absolute atomic E-state index is 0.110. The maximum atomic E-state index is 12.6. The molecule has 0 saturated carbocycles. The molecule has 0 aliphatic heterocycles. The molecular formula is C17H31N3O5S2. The van der Waals surface area contributed by atoms with Gasteiger partial charge in [0.05, 0.1) is 0 Å². The molecule has 0 aromatic heterocycles. The normalized spacial score (nSPS) is 14.1. The lowest BCUT2D eigenvalue weighted by Crippen LogP contribution is -2.55. The number of hydrogen-bond acceptors (Lipinski definition) is 6. The van der Waals surface area contributed by atoms with Crippen LogP contribution in [-0.4, -0.2) is 71.4 Å². The number of carboxylic acid groups (broad SMARTS) is 1. The van der Waals surface area contributed by atoms with Crippen molar-refractivity contribution in [1.82, 2.24) is 16.0 Å². The van der Waals surface area contributed by atoms with Crippen LogP contribution in [0.15, 0.2) is 0 Å². The average molecular weight is 422 g/mol. The number of hydrogen-bond donors (Lipinski definition) is 4. The van der Waals surface area contributed by atoms with Gasteiger partial charge in [0.15, 0.2) is 0 Å². The SMILES string of the molecule is CSCCC(NC(=O)C(CC(C)C)NC(=O)C(CCSC)NC=O)C(=O)O. The van der Waals surface area contributed by atoms with Gasteiger partial charge in [0.25, 0.3) is 0 Å². The van der Waals surface area contributed by atoms with Crippen LogP contribution in [-0.2, 0) is 19.2 Å².